The molecule has 0 spiro atoms. The monoisotopic (exact) mass is 873 g/mol. The van der Waals surface area contributed by atoms with E-state index in [4.69, 9.17) is 14.2 Å². The Hall–Kier alpha value is -2.11. The number of unbranched alkanes of at least 4 members (excludes halogenated alkanes) is 36. The standard InChI is InChI=1S/C56H104O6/c1-4-7-10-13-16-19-22-25-28-31-34-37-40-43-46-49-55(58)61-52-53(51-60-54(57)48-45-42-39-36-33-30-27-24-21-18-15-12-9-6-3)62-56(59)50-47-44-41-38-35-32-29-26-23-20-17-14-11-8-5-2/h16,19,22,25,53H,4-15,17-18,20-21,23-24,26-52H2,1-3H3/b19-16-,25-22-. The number of hydrogen-bond donors (Lipinski definition) is 0. The van der Waals surface area contributed by atoms with Gasteiger partial charge in [-0.05, 0) is 44.9 Å². The minimum Gasteiger partial charge on any atom is -0.462 e. The molecule has 0 saturated carbocycles. The highest BCUT2D eigenvalue weighted by atomic mass is 16.6. The first-order valence-corrected chi connectivity index (χ1v) is 27.4. The Labute approximate surface area is 385 Å². The molecule has 0 heterocycles. The van der Waals surface area contributed by atoms with Crippen molar-refractivity contribution in [2.75, 3.05) is 13.2 Å². The molecule has 0 aliphatic carbocycles. The van der Waals surface area contributed by atoms with Crippen LogP contribution in [-0.4, -0.2) is 37.2 Å². The number of carbonyl (C=O) groups is 3. The van der Waals surface area contributed by atoms with Gasteiger partial charge in [0.25, 0.3) is 0 Å². The van der Waals surface area contributed by atoms with Gasteiger partial charge in [0.1, 0.15) is 13.2 Å². The second kappa shape index (κ2) is 51.5. The maximum Gasteiger partial charge on any atom is 0.306 e. The average molecular weight is 873 g/mol. The highest BCUT2D eigenvalue weighted by Crippen LogP contribution is 2.16. The summed E-state index contributed by atoms with van der Waals surface area (Å²) in [5.41, 5.74) is 0. The van der Waals surface area contributed by atoms with E-state index in [1.165, 1.54) is 193 Å². The van der Waals surface area contributed by atoms with Gasteiger partial charge >= 0.3 is 17.9 Å². The van der Waals surface area contributed by atoms with Crippen LogP contribution in [0.25, 0.3) is 0 Å². The molecule has 1 unspecified atom stereocenters. The molecule has 0 aromatic rings. The Morgan fingerprint density at radius 2 is 0.565 bits per heavy atom. The minimum absolute atomic E-state index is 0.0697. The molecule has 6 nitrogen and oxygen atoms in total. The van der Waals surface area contributed by atoms with Crippen molar-refractivity contribution in [2.24, 2.45) is 0 Å². The van der Waals surface area contributed by atoms with Crippen LogP contribution in [0.1, 0.15) is 297 Å². The van der Waals surface area contributed by atoms with Crippen LogP contribution in [-0.2, 0) is 28.6 Å². The van der Waals surface area contributed by atoms with Gasteiger partial charge in [0.15, 0.2) is 6.10 Å². The molecule has 0 radical (unpaired) electrons. The minimum atomic E-state index is -0.770. The lowest BCUT2D eigenvalue weighted by molar-refractivity contribution is -0.167. The van der Waals surface area contributed by atoms with Gasteiger partial charge in [-0.15, -0.1) is 0 Å². The van der Waals surface area contributed by atoms with Gasteiger partial charge in [0.2, 0.25) is 0 Å². The second-order valence-corrected chi connectivity index (χ2v) is 18.5. The fourth-order valence-electron chi connectivity index (χ4n) is 8.08. The quantitative estimate of drug-likeness (QED) is 0.0262. The van der Waals surface area contributed by atoms with Crippen LogP contribution >= 0.6 is 0 Å². The Bertz CT molecular complexity index is 1000. The van der Waals surface area contributed by atoms with Gasteiger partial charge in [-0.2, -0.15) is 0 Å². The number of ether oxygens (including phenoxy) is 3. The Morgan fingerprint density at radius 1 is 0.323 bits per heavy atom. The van der Waals surface area contributed by atoms with Gasteiger partial charge in [-0.25, -0.2) is 0 Å². The zero-order valence-electron chi connectivity index (χ0n) is 41.7. The van der Waals surface area contributed by atoms with Crippen molar-refractivity contribution >= 4 is 17.9 Å². The maximum atomic E-state index is 12.8. The first-order chi connectivity index (χ1) is 30.5. The van der Waals surface area contributed by atoms with E-state index in [1.54, 1.807) is 0 Å². The van der Waals surface area contributed by atoms with Crippen LogP contribution in [0.15, 0.2) is 24.3 Å². The van der Waals surface area contributed by atoms with Gasteiger partial charge < -0.3 is 14.2 Å². The average Bonchev–Trinajstić information content (AvgIpc) is 3.27. The van der Waals surface area contributed by atoms with Crippen molar-refractivity contribution in [3.63, 3.8) is 0 Å². The Kier molecular flexibility index (Phi) is 49.8. The molecule has 62 heavy (non-hydrogen) atoms. The highest BCUT2D eigenvalue weighted by molar-refractivity contribution is 5.71. The third-order valence-corrected chi connectivity index (χ3v) is 12.2. The van der Waals surface area contributed by atoms with Gasteiger partial charge in [0, 0.05) is 19.3 Å². The van der Waals surface area contributed by atoms with Crippen molar-refractivity contribution in [3.05, 3.63) is 24.3 Å². The lowest BCUT2D eigenvalue weighted by Gasteiger charge is -2.18. The molecule has 0 amide bonds. The zero-order valence-corrected chi connectivity index (χ0v) is 41.7. The molecule has 364 valence electrons. The molecule has 1 atom stereocenters. The first kappa shape index (κ1) is 59.9. The van der Waals surface area contributed by atoms with Gasteiger partial charge in [-0.3, -0.25) is 14.4 Å². The number of allylic oxidation sites excluding steroid dienone is 4. The summed E-state index contributed by atoms with van der Waals surface area (Å²) in [7, 11) is 0. The molecule has 0 aliphatic rings. The van der Waals surface area contributed by atoms with Gasteiger partial charge in [-0.1, -0.05) is 257 Å². The number of hydrogen-bond acceptors (Lipinski definition) is 6. The van der Waals surface area contributed by atoms with E-state index in [1.807, 2.05) is 0 Å². The summed E-state index contributed by atoms with van der Waals surface area (Å²) < 4.78 is 16.8. The Morgan fingerprint density at radius 3 is 0.887 bits per heavy atom. The second-order valence-electron chi connectivity index (χ2n) is 18.5. The number of esters is 3. The molecule has 0 rings (SSSR count). The SMILES string of the molecule is CCCCC/C=C\C=C/CCCCCCCCC(=O)OCC(COC(=O)CCCCCCCCCCCCCCCC)OC(=O)CCCCCCCCCCCCCCCCC. The van der Waals surface area contributed by atoms with Crippen LogP contribution in [0.2, 0.25) is 0 Å². The van der Waals surface area contributed by atoms with Crippen LogP contribution in [0.4, 0.5) is 0 Å². The first-order valence-electron chi connectivity index (χ1n) is 27.4. The van der Waals surface area contributed by atoms with E-state index in [2.05, 4.69) is 45.1 Å². The largest absolute Gasteiger partial charge is 0.462 e. The van der Waals surface area contributed by atoms with Crippen molar-refractivity contribution in [1.82, 2.24) is 0 Å². The maximum absolute atomic E-state index is 12.8. The molecular formula is C56H104O6. The summed E-state index contributed by atoms with van der Waals surface area (Å²) in [5.74, 6) is -0.863. The summed E-state index contributed by atoms with van der Waals surface area (Å²) in [6.07, 6.45) is 58.7. The number of carbonyl (C=O) groups excluding carboxylic acids is 3. The van der Waals surface area contributed by atoms with Crippen molar-refractivity contribution in [1.29, 1.82) is 0 Å². The van der Waals surface area contributed by atoms with Gasteiger partial charge in [0.05, 0.1) is 0 Å². The van der Waals surface area contributed by atoms with E-state index in [0.29, 0.717) is 19.3 Å². The zero-order chi connectivity index (χ0) is 45.1. The summed E-state index contributed by atoms with van der Waals surface area (Å²) in [6.45, 7) is 6.64. The van der Waals surface area contributed by atoms with E-state index >= 15 is 0 Å². The molecule has 6 heteroatoms. The van der Waals surface area contributed by atoms with Crippen molar-refractivity contribution in [2.45, 2.75) is 303 Å². The summed E-state index contributed by atoms with van der Waals surface area (Å²) >= 11 is 0. The number of rotatable bonds is 50. The fraction of sp³-hybridized carbons (Fsp3) is 0.875. The predicted octanol–water partition coefficient (Wildman–Crippen LogP) is 17.9. The smallest absolute Gasteiger partial charge is 0.306 e. The van der Waals surface area contributed by atoms with Crippen molar-refractivity contribution in [3.8, 4) is 0 Å². The van der Waals surface area contributed by atoms with E-state index in [9.17, 15) is 14.4 Å². The summed E-state index contributed by atoms with van der Waals surface area (Å²) in [4.78, 5) is 38.0. The van der Waals surface area contributed by atoms with Crippen LogP contribution in [0.5, 0.6) is 0 Å². The third-order valence-electron chi connectivity index (χ3n) is 12.2. The highest BCUT2D eigenvalue weighted by Gasteiger charge is 2.19. The topological polar surface area (TPSA) is 78.9 Å². The van der Waals surface area contributed by atoms with Crippen LogP contribution in [0.3, 0.4) is 0 Å². The predicted molar refractivity (Wildman–Crippen MR) is 266 cm³/mol. The molecule has 0 aromatic heterocycles. The summed E-state index contributed by atoms with van der Waals surface area (Å²) in [6, 6.07) is 0. The van der Waals surface area contributed by atoms with Crippen LogP contribution < -0.4 is 0 Å². The lowest BCUT2D eigenvalue weighted by Crippen LogP contribution is -2.30. The molecule has 0 N–H and O–H groups in total. The molecular weight excluding hydrogens is 769 g/mol. The molecule has 0 fully saturated rings. The Balaban J connectivity index is 4.35. The van der Waals surface area contributed by atoms with E-state index in [0.717, 1.165) is 64.2 Å². The molecule has 0 aliphatic heterocycles. The third kappa shape index (κ3) is 48.9. The molecule has 0 aromatic carbocycles. The van der Waals surface area contributed by atoms with E-state index < -0.39 is 6.10 Å². The fourth-order valence-corrected chi connectivity index (χ4v) is 8.08. The van der Waals surface area contributed by atoms with Crippen molar-refractivity contribution < 1.29 is 28.6 Å². The van der Waals surface area contributed by atoms with E-state index in [-0.39, 0.29) is 31.1 Å². The van der Waals surface area contributed by atoms with Crippen LogP contribution in [0, 0.1) is 0 Å². The normalized spacial score (nSPS) is 12.1. The molecule has 0 saturated heterocycles. The summed E-state index contributed by atoms with van der Waals surface area (Å²) in [5, 5.41) is 0. The molecule has 0 bridgehead atoms. The lowest BCUT2D eigenvalue weighted by atomic mass is 10.0.